The molecule has 0 bridgehead atoms. The average molecular weight is 521 g/mol. The molecule has 182 valence electrons. The second-order valence-corrected chi connectivity index (χ2v) is 9.67. The van der Waals surface area contributed by atoms with E-state index in [1.165, 1.54) is 30.5 Å². The van der Waals surface area contributed by atoms with E-state index >= 15 is 0 Å². The number of aromatic nitrogens is 1. The number of ketones is 1. The summed E-state index contributed by atoms with van der Waals surface area (Å²) in [7, 11) is 2.91. The number of methoxy groups -OCH3 is 2. The van der Waals surface area contributed by atoms with E-state index in [1.54, 1.807) is 36.4 Å². The summed E-state index contributed by atoms with van der Waals surface area (Å²) in [5, 5.41) is 12.4. The van der Waals surface area contributed by atoms with Crippen molar-refractivity contribution in [3.63, 3.8) is 0 Å². The van der Waals surface area contributed by atoms with E-state index in [1.807, 2.05) is 31.2 Å². The number of ether oxygens (including phenoxy) is 2. The van der Waals surface area contributed by atoms with Crippen molar-refractivity contribution in [2.45, 2.75) is 13.0 Å². The van der Waals surface area contributed by atoms with Crippen molar-refractivity contribution in [3.05, 3.63) is 87.9 Å². The molecule has 1 N–H and O–H groups in total. The van der Waals surface area contributed by atoms with E-state index in [0.29, 0.717) is 32.7 Å². The average Bonchev–Trinajstić information content (AvgIpc) is 3.40. The zero-order valence-corrected chi connectivity index (χ0v) is 21.2. The number of aliphatic hydroxyl groups excluding tert-OH is 1. The number of amides is 1. The third kappa shape index (κ3) is 3.88. The van der Waals surface area contributed by atoms with Gasteiger partial charge in [-0.3, -0.25) is 14.5 Å². The number of Topliss-reactive ketones (excluding diaryl/α,β-unsaturated/α-hetero) is 1. The van der Waals surface area contributed by atoms with Crippen LogP contribution in [0.25, 0.3) is 16.0 Å². The molecule has 0 spiro atoms. The molecule has 0 radical (unpaired) electrons. The highest BCUT2D eigenvalue weighted by molar-refractivity contribution is 7.22. The summed E-state index contributed by atoms with van der Waals surface area (Å²) < 4.78 is 11.7. The highest BCUT2D eigenvalue weighted by Crippen LogP contribution is 2.46. The number of carbonyl (C=O) groups is 2. The normalized spacial score (nSPS) is 17.1. The molecule has 36 heavy (non-hydrogen) atoms. The molecule has 1 unspecified atom stereocenters. The van der Waals surface area contributed by atoms with Crippen LogP contribution in [-0.2, 0) is 9.59 Å². The number of thiazole rings is 1. The lowest BCUT2D eigenvalue weighted by molar-refractivity contribution is -0.132. The molecule has 0 saturated carbocycles. The third-order valence-electron chi connectivity index (χ3n) is 6.01. The van der Waals surface area contributed by atoms with Gasteiger partial charge >= 0.3 is 5.91 Å². The SMILES string of the molecule is COc1cccc(OC)c1/C(O)=C1\C(=O)C(=O)N(c2nc3ccc(Cl)cc3s2)C1c1cccc(C)c1. The van der Waals surface area contributed by atoms with Gasteiger partial charge < -0.3 is 14.6 Å². The zero-order chi connectivity index (χ0) is 25.6. The summed E-state index contributed by atoms with van der Waals surface area (Å²) in [6.07, 6.45) is 0. The number of benzene rings is 3. The number of aliphatic hydroxyl groups is 1. The number of fused-ring (bicyclic) bond motifs is 1. The van der Waals surface area contributed by atoms with Gasteiger partial charge in [0.25, 0.3) is 5.78 Å². The first-order valence-electron chi connectivity index (χ1n) is 11.0. The fraction of sp³-hybridized carbons (Fsp3) is 0.148. The Hall–Kier alpha value is -3.88. The van der Waals surface area contributed by atoms with Gasteiger partial charge in [-0.1, -0.05) is 58.8 Å². The van der Waals surface area contributed by atoms with Crippen molar-refractivity contribution in [3.8, 4) is 11.5 Å². The Morgan fingerprint density at radius 3 is 2.39 bits per heavy atom. The fourth-order valence-electron chi connectivity index (χ4n) is 4.39. The van der Waals surface area contributed by atoms with Crippen molar-refractivity contribution < 1.29 is 24.2 Å². The first-order chi connectivity index (χ1) is 17.3. The van der Waals surface area contributed by atoms with Crippen LogP contribution in [0.4, 0.5) is 5.13 Å². The lowest BCUT2D eigenvalue weighted by Crippen LogP contribution is -2.29. The second-order valence-electron chi connectivity index (χ2n) is 8.23. The Morgan fingerprint density at radius 1 is 1.03 bits per heavy atom. The van der Waals surface area contributed by atoms with Crippen LogP contribution >= 0.6 is 22.9 Å². The molecule has 1 atom stereocenters. The Bertz CT molecular complexity index is 1540. The van der Waals surface area contributed by atoms with Crippen LogP contribution in [0.5, 0.6) is 11.5 Å². The van der Waals surface area contributed by atoms with E-state index in [2.05, 4.69) is 4.98 Å². The molecule has 4 aromatic rings. The smallest absolute Gasteiger partial charge is 0.301 e. The first-order valence-corrected chi connectivity index (χ1v) is 12.2. The zero-order valence-electron chi connectivity index (χ0n) is 19.6. The summed E-state index contributed by atoms with van der Waals surface area (Å²) in [6, 6.07) is 16.8. The van der Waals surface area contributed by atoms with Gasteiger partial charge in [-0.2, -0.15) is 0 Å². The summed E-state index contributed by atoms with van der Waals surface area (Å²) in [5.74, 6) is -1.40. The monoisotopic (exact) mass is 520 g/mol. The molecule has 1 aliphatic heterocycles. The van der Waals surface area contributed by atoms with Crippen LogP contribution in [0.3, 0.4) is 0 Å². The van der Waals surface area contributed by atoms with Gasteiger partial charge in [-0.25, -0.2) is 4.98 Å². The van der Waals surface area contributed by atoms with Gasteiger partial charge in [0, 0.05) is 5.02 Å². The van der Waals surface area contributed by atoms with Crippen LogP contribution in [-0.4, -0.2) is 36.0 Å². The molecule has 9 heteroatoms. The van der Waals surface area contributed by atoms with Gasteiger partial charge in [-0.15, -0.1) is 0 Å². The second kappa shape index (κ2) is 9.29. The van der Waals surface area contributed by atoms with Crippen LogP contribution in [0.1, 0.15) is 22.7 Å². The van der Waals surface area contributed by atoms with Crippen molar-refractivity contribution in [2.24, 2.45) is 0 Å². The van der Waals surface area contributed by atoms with Crippen LogP contribution in [0, 0.1) is 6.92 Å². The molecule has 7 nitrogen and oxygen atoms in total. The summed E-state index contributed by atoms with van der Waals surface area (Å²) in [4.78, 5) is 32.9. The van der Waals surface area contributed by atoms with E-state index in [4.69, 9.17) is 21.1 Å². The molecule has 1 saturated heterocycles. The van der Waals surface area contributed by atoms with E-state index in [-0.39, 0.29) is 16.9 Å². The molecule has 1 amide bonds. The summed E-state index contributed by atoms with van der Waals surface area (Å²) in [5.41, 5.74) is 2.35. The molecule has 5 rings (SSSR count). The molecule has 1 aromatic heterocycles. The number of hydrogen-bond donors (Lipinski definition) is 1. The Morgan fingerprint density at radius 2 is 1.72 bits per heavy atom. The summed E-state index contributed by atoms with van der Waals surface area (Å²) >= 11 is 7.40. The Balaban J connectivity index is 1.79. The van der Waals surface area contributed by atoms with Crippen molar-refractivity contribution in [1.82, 2.24) is 4.98 Å². The predicted molar refractivity (Wildman–Crippen MR) is 140 cm³/mol. The molecular weight excluding hydrogens is 500 g/mol. The van der Waals surface area contributed by atoms with Crippen molar-refractivity contribution in [2.75, 3.05) is 19.1 Å². The molecule has 2 heterocycles. The van der Waals surface area contributed by atoms with Gasteiger partial charge in [0.2, 0.25) is 0 Å². The lowest BCUT2D eigenvalue weighted by Gasteiger charge is -2.23. The molecule has 3 aromatic carbocycles. The van der Waals surface area contributed by atoms with Gasteiger partial charge in [-0.05, 0) is 42.8 Å². The Kier molecular flexibility index (Phi) is 6.15. The van der Waals surface area contributed by atoms with Crippen LogP contribution in [0.2, 0.25) is 5.02 Å². The van der Waals surface area contributed by atoms with E-state index < -0.39 is 17.7 Å². The molecule has 1 fully saturated rings. The maximum atomic E-state index is 13.5. The largest absolute Gasteiger partial charge is 0.506 e. The predicted octanol–water partition coefficient (Wildman–Crippen LogP) is 5.90. The van der Waals surface area contributed by atoms with Gasteiger partial charge in [0.1, 0.15) is 22.8 Å². The minimum absolute atomic E-state index is 0.0781. The minimum Gasteiger partial charge on any atom is -0.506 e. The highest BCUT2D eigenvalue weighted by Gasteiger charge is 2.48. The number of nitrogens with zero attached hydrogens (tertiary/aromatic N) is 2. The lowest BCUT2D eigenvalue weighted by atomic mass is 9.94. The molecule has 1 aliphatic rings. The van der Waals surface area contributed by atoms with E-state index in [9.17, 15) is 14.7 Å². The van der Waals surface area contributed by atoms with Crippen molar-refractivity contribution >= 4 is 55.7 Å². The van der Waals surface area contributed by atoms with Crippen LogP contribution in [0.15, 0.2) is 66.2 Å². The maximum absolute atomic E-state index is 13.5. The Labute approximate surface area is 216 Å². The maximum Gasteiger partial charge on any atom is 0.301 e. The van der Waals surface area contributed by atoms with Gasteiger partial charge in [0.15, 0.2) is 5.13 Å². The number of anilines is 1. The van der Waals surface area contributed by atoms with Crippen molar-refractivity contribution in [1.29, 1.82) is 0 Å². The summed E-state index contributed by atoms with van der Waals surface area (Å²) in [6.45, 7) is 1.92. The number of halogens is 1. The molecule has 0 aliphatic carbocycles. The van der Waals surface area contributed by atoms with Crippen LogP contribution < -0.4 is 14.4 Å². The molecular formula is C27H21ClN2O5S. The van der Waals surface area contributed by atoms with E-state index in [0.717, 1.165) is 10.3 Å². The quantitative estimate of drug-likeness (QED) is 0.200. The highest BCUT2D eigenvalue weighted by atomic mass is 35.5. The minimum atomic E-state index is -0.921. The number of carbonyl (C=O) groups excluding carboxylic acids is 2. The number of hydrogen-bond acceptors (Lipinski definition) is 7. The van der Waals surface area contributed by atoms with Gasteiger partial charge in [0.05, 0.1) is 36.1 Å². The standard InChI is InChI=1S/C27H21ClN2O5S/c1-14-6-4-7-15(12-14)23-22(24(31)21-18(34-2)8-5-9-19(21)35-3)25(32)26(33)30(23)27-29-17-11-10-16(28)13-20(17)36-27/h4-13,23,31H,1-3H3/b24-22+. The third-order valence-corrected chi connectivity index (χ3v) is 7.26. The number of aryl methyl sites for hydroxylation is 1. The number of rotatable bonds is 5. The fourth-order valence-corrected chi connectivity index (χ4v) is 5.66. The first kappa shape index (κ1) is 23.8. The topological polar surface area (TPSA) is 89.0 Å².